The van der Waals surface area contributed by atoms with Crippen molar-refractivity contribution in [3.05, 3.63) is 85.1 Å². The SMILES string of the molecule is CC/C=C\C/C=C\C/C=C\C/C=C\CCCCCCCOCC(COC(=O)CCCCCCCCC/C=C\C/C=C\C/C=C\CC)OC(=O)CCCCCCCCC. The van der Waals surface area contributed by atoms with E-state index >= 15 is 0 Å². The molecule has 0 radical (unpaired) electrons. The summed E-state index contributed by atoms with van der Waals surface area (Å²) >= 11 is 0. The molecular formula is C53H90O5. The predicted molar refractivity (Wildman–Crippen MR) is 251 cm³/mol. The smallest absolute Gasteiger partial charge is 0.306 e. The van der Waals surface area contributed by atoms with Gasteiger partial charge < -0.3 is 14.2 Å². The van der Waals surface area contributed by atoms with Crippen molar-refractivity contribution >= 4 is 11.9 Å². The van der Waals surface area contributed by atoms with Crippen LogP contribution in [-0.4, -0.2) is 37.9 Å². The van der Waals surface area contributed by atoms with Gasteiger partial charge in [-0.25, -0.2) is 0 Å². The molecule has 332 valence electrons. The van der Waals surface area contributed by atoms with Crippen LogP contribution < -0.4 is 0 Å². The van der Waals surface area contributed by atoms with Gasteiger partial charge in [-0.05, 0) is 89.9 Å². The summed E-state index contributed by atoms with van der Waals surface area (Å²) in [5.41, 5.74) is 0. The molecule has 0 aliphatic rings. The molecule has 0 spiro atoms. The van der Waals surface area contributed by atoms with Gasteiger partial charge in [-0.15, -0.1) is 0 Å². The van der Waals surface area contributed by atoms with E-state index in [2.05, 4.69) is 106 Å². The fourth-order valence-corrected chi connectivity index (χ4v) is 6.40. The molecular weight excluding hydrogens is 717 g/mol. The molecule has 1 unspecified atom stereocenters. The highest BCUT2D eigenvalue weighted by Crippen LogP contribution is 2.13. The van der Waals surface area contributed by atoms with Crippen LogP contribution in [0.4, 0.5) is 0 Å². The van der Waals surface area contributed by atoms with E-state index in [1.54, 1.807) is 0 Å². The number of ether oxygens (including phenoxy) is 3. The van der Waals surface area contributed by atoms with Crippen LogP contribution in [0.3, 0.4) is 0 Å². The average molecular weight is 807 g/mol. The summed E-state index contributed by atoms with van der Waals surface area (Å²) < 4.78 is 17.3. The lowest BCUT2D eigenvalue weighted by Crippen LogP contribution is -2.30. The summed E-state index contributed by atoms with van der Waals surface area (Å²) in [5.74, 6) is -0.428. The van der Waals surface area contributed by atoms with Gasteiger partial charge in [0.25, 0.3) is 0 Å². The third-order valence-electron chi connectivity index (χ3n) is 9.93. The number of hydrogen-bond acceptors (Lipinski definition) is 5. The standard InChI is InChI=1S/C53H90O5/c1-4-7-10-13-16-18-20-22-24-26-28-30-32-34-36-39-42-45-48-56-49-51(58-53(55)47-44-41-37-15-12-9-6-3)50-57-52(54)46-43-40-38-35-33-31-29-27-25-23-21-19-17-14-11-8-5-2/h7-8,10-11,16-19,22-25,28,30,51H,4-6,9,12-15,20-21,26-27,29,31-50H2,1-3H3/b10-7-,11-8-,18-16-,19-17-,24-22-,25-23-,30-28-. The van der Waals surface area contributed by atoms with Gasteiger partial charge in [0.15, 0.2) is 6.10 Å². The zero-order valence-corrected chi connectivity index (χ0v) is 38.0. The van der Waals surface area contributed by atoms with Crippen LogP contribution in [0.25, 0.3) is 0 Å². The van der Waals surface area contributed by atoms with E-state index < -0.39 is 6.10 Å². The molecule has 58 heavy (non-hydrogen) atoms. The summed E-state index contributed by atoms with van der Waals surface area (Å²) in [5, 5.41) is 0. The Morgan fingerprint density at radius 2 is 0.776 bits per heavy atom. The van der Waals surface area contributed by atoms with Crippen LogP contribution in [0, 0.1) is 0 Å². The predicted octanol–water partition coefficient (Wildman–Crippen LogP) is 16.1. The lowest BCUT2D eigenvalue weighted by molar-refractivity contribution is -0.163. The second-order valence-corrected chi connectivity index (χ2v) is 15.6. The first kappa shape index (κ1) is 55.1. The third-order valence-corrected chi connectivity index (χ3v) is 9.93. The minimum absolute atomic E-state index is 0.0694. The average Bonchev–Trinajstić information content (AvgIpc) is 3.22. The van der Waals surface area contributed by atoms with Crippen molar-refractivity contribution in [1.29, 1.82) is 0 Å². The van der Waals surface area contributed by atoms with Crippen LogP contribution in [0.5, 0.6) is 0 Å². The molecule has 0 fully saturated rings. The zero-order valence-electron chi connectivity index (χ0n) is 38.0. The Hall–Kier alpha value is -2.92. The second-order valence-electron chi connectivity index (χ2n) is 15.6. The van der Waals surface area contributed by atoms with Gasteiger partial charge in [-0.1, -0.05) is 196 Å². The van der Waals surface area contributed by atoms with E-state index in [4.69, 9.17) is 14.2 Å². The summed E-state index contributed by atoms with van der Waals surface area (Å²) in [7, 11) is 0. The van der Waals surface area contributed by atoms with Gasteiger partial charge >= 0.3 is 11.9 Å². The lowest BCUT2D eigenvalue weighted by Gasteiger charge is -2.18. The largest absolute Gasteiger partial charge is 0.462 e. The molecule has 0 saturated heterocycles. The van der Waals surface area contributed by atoms with Crippen molar-refractivity contribution in [1.82, 2.24) is 0 Å². The number of carbonyl (C=O) groups excluding carboxylic acids is 2. The van der Waals surface area contributed by atoms with Crippen molar-refractivity contribution in [2.45, 2.75) is 219 Å². The van der Waals surface area contributed by atoms with Crippen LogP contribution >= 0.6 is 0 Å². The molecule has 0 aliphatic carbocycles. The molecule has 0 aliphatic heterocycles. The number of unbranched alkanes of at least 4 members (excludes halogenated alkanes) is 18. The molecule has 1 atom stereocenters. The molecule has 5 heteroatoms. The maximum atomic E-state index is 12.7. The van der Waals surface area contributed by atoms with Gasteiger partial charge in [0.05, 0.1) is 6.61 Å². The first-order chi connectivity index (χ1) is 28.6. The molecule has 0 aromatic rings. The molecule has 5 nitrogen and oxygen atoms in total. The maximum absolute atomic E-state index is 12.7. The van der Waals surface area contributed by atoms with Crippen LogP contribution in [0.15, 0.2) is 85.1 Å². The Morgan fingerprint density at radius 3 is 1.24 bits per heavy atom. The Bertz CT molecular complexity index is 1090. The fourth-order valence-electron chi connectivity index (χ4n) is 6.40. The van der Waals surface area contributed by atoms with E-state index in [-0.39, 0.29) is 25.2 Å². The Balaban J connectivity index is 4.19. The number of esters is 2. The number of hydrogen-bond donors (Lipinski definition) is 0. The molecule has 0 aromatic carbocycles. The summed E-state index contributed by atoms with van der Waals surface area (Å²) in [6.45, 7) is 7.51. The van der Waals surface area contributed by atoms with Crippen LogP contribution in [-0.2, 0) is 23.8 Å². The Morgan fingerprint density at radius 1 is 0.397 bits per heavy atom. The van der Waals surface area contributed by atoms with Crippen molar-refractivity contribution in [3.63, 3.8) is 0 Å². The van der Waals surface area contributed by atoms with Crippen molar-refractivity contribution in [2.75, 3.05) is 19.8 Å². The van der Waals surface area contributed by atoms with Gasteiger partial charge in [0, 0.05) is 19.4 Å². The number of rotatable bonds is 43. The zero-order chi connectivity index (χ0) is 42.1. The quantitative estimate of drug-likeness (QED) is 0.0349. The van der Waals surface area contributed by atoms with Gasteiger partial charge in [-0.3, -0.25) is 9.59 Å². The van der Waals surface area contributed by atoms with Gasteiger partial charge in [-0.2, -0.15) is 0 Å². The topological polar surface area (TPSA) is 61.8 Å². The molecule has 0 heterocycles. The number of allylic oxidation sites excluding steroid dienone is 14. The third kappa shape index (κ3) is 45.8. The molecule has 0 amide bonds. The highest BCUT2D eigenvalue weighted by atomic mass is 16.6. The molecule has 0 bridgehead atoms. The summed E-state index contributed by atoms with van der Waals surface area (Å²) in [6.07, 6.45) is 63.1. The van der Waals surface area contributed by atoms with Gasteiger partial charge in [0.1, 0.15) is 6.61 Å². The van der Waals surface area contributed by atoms with Crippen LogP contribution in [0.1, 0.15) is 213 Å². The monoisotopic (exact) mass is 807 g/mol. The molecule has 0 aromatic heterocycles. The van der Waals surface area contributed by atoms with E-state index in [9.17, 15) is 9.59 Å². The minimum atomic E-state index is -0.550. The normalized spacial score (nSPS) is 12.9. The first-order valence-electron chi connectivity index (χ1n) is 24.1. The Kier molecular flexibility index (Phi) is 46.0. The van der Waals surface area contributed by atoms with E-state index in [0.717, 1.165) is 109 Å². The minimum Gasteiger partial charge on any atom is -0.462 e. The second kappa shape index (κ2) is 48.4. The number of carbonyl (C=O) groups is 2. The maximum Gasteiger partial charge on any atom is 0.306 e. The molecule has 0 N–H and O–H groups in total. The molecule has 0 rings (SSSR count). The van der Waals surface area contributed by atoms with Crippen molar-refractivity contribution in [2.24, 2.45) is 0 Å². The molecule has 0 saturated carbocycles. The fraction of sp³-hybridized carbons (Fsp3) is 0.698. The highest BCUT2D eigenvalue weighted by Gasteiger charge is 2.17. The lowest BCUT2D eigenvalue weighted by atomic mass is 10.1. The van der Waals surface area contributed by atoms with E-state index in [0.29, 0.717) is 19.4 Å². The Labute approximate surface area is 359 Å². The van der Waals surface area contributed by atoms with Crippen molar-refractivity contribution < 1.29 is 23.8 Å². The highest BCUT2D eigenvalue weighted by molar-refractivity contribution is 5.70. The summed E-state index contributed by atoms with van der Waals surface area (Å²) in [6, 6.07) is 0. The summed E-state index contributed by atoms with van der Waals surface area (Å²) in [4.78, 5) is 25.2. The van der Waals surface area contributed by atoms with Gasteiger partial charge in [0.2, 0.25) is 0 Å². The van der Waals surface area contributed by atoms with Crippen molar-refractivity contribution in [3.8, 4) is 0 Å². The van der Waals surface area contributed by atoms with E-state index in [1.807, 2.05) is 0 Å². The van der Waals surface area contributed by atoms with E-state index in [1.165, 1.54) is 70.6 Å². The first-order valence-corrected chi connectivity index (χ1v) is 24.1. The van der Waals surface area contributed by atoms with Crippen LogP contribution in [0.2, 0.25) is 0 Å².